The molecule has 2 rings (SSSR count). The van der Waals surface area contributed by atoms with E-state index in [1.54, 1.807) is 4.90 Å². The van der Waals surface area contributed by atoms with Crippen LogP contribution in [0.1, 0.15) is 12.5 Å². The minimum atomic E-state index is -4.48. The maximum atomic E-state index is 13.4. The Morgan fingerprint density at radius 2 is 1.88 bits per heavy atom. The molecule has 1 fully saturated rings. The minimum Gasteiger partial charge on any atom is -0.481 e. The first kappa shape index (κ1) is 20.2. The molecule has 1 heterocycles. The first-order valence-corrected chi connectivity index (χ1v) is 8.40. The smallest absolute Gasteiger partial charge is 0.393 e. The van der Waals surface area contributed by atoms with Crippen LogP contribution in [-0.4, -0.2) is 59.6 Å². The van der Waals surface area contributed by atoms with E-state index >= 15 is 0 Å². The molecule has 5 nitrogen and oxygen atoms in total. The highest BCUT2D eigenvalue weighted by Gasteiger charge is 2.52. The normalized spacial score (nSPS) is 22.2. The molecule has 8 heteroatoms. The molecule has 0 aromatic heterocycles. The van der Waals surface area contributed by atoms with E-state index in [-0.39, 0.29) is 19.6 Å². The average Bonchev–Trinajstić information content (AvgIpc) is 2.99. The Kier molecular flexibility index (Phi) is 6.28. The number of likely N-dealkylation sites (tertiary alicyclic amines) is 1. The van der Waals surface area contributed by atoms with Crippen LogP contribution in [0, 0.1) is 17.8 Å². The monoisotopic (exact) mass is 372 g/mol. The van der Waals surface area contributed by atoms with Gasteiger partial charge in [-0.2, -0.15) is 13.2 Å². The van der Waals surface area contributed by atoms with Gasteiger partial charge in [-0.15, -0.1) is 0 Å². The Labute approximate surface area is 150 Å². The summed E-state index contributed by atoms with van der Waals surface area (Å²) >= 11 is 0. The van der Waals surface area contributed by atoms with Gasteiger partial charge in [-0.25, -0.2) is 0 Å². The number of benzene rings is 1. The number of rotatable bonds is 6. The molecule has 3 atom stereocenters. The molecule has 1 aromatic rings. The van der Waals surface area contributed by atoms with E-state index in [1.807, 2.05) is 30.3 Å². The van der Waals surface area contributed by atoms with E-state index < -0.39 is 35.8 Å². The molecule has 0 aliphatic carbocycles. The molecular formula is C18H23F3N2O3. The van der Waals surface area contributed by atoms with Crippen molar-refractivity contribution < 1.29 is 27.9 Å². The lowest BCUT2D eigenvalue weighted by Gasteiger charge is -2.26. The number of carboxylic acid groups (broad SMARTS) is 1. The lowest BCUT2D eigenvalue weighted by molar-refractivity contribution is -0.186. The zero-order valence-corrected chi connectivity index (χ0v) is 14.7. The second-order valence-corrected chi connectivity index (χ2v) is 6.89. The van der Waals surface area contributed by atoms with Crippen molar-refractivity contribution in [1.82, 2.24) is 9.80 Å². The second kappa shape index (κ2) is 8.07. The maximum Gasteiger partial charge on any atom is 0.393 e. The summed E-state index contributed by atoms with van der Waals surface area (Å²) in [5.41, 5.74) is 0.884. The van der Waals surface area contributed by atoms with Gasteiger partial charge >= 0.3 is 12.1 Å². The quantitative estimate of drug-likeness (QED) is 0.834. The zero-order valence-electron chi connectivity index (χ0n) is 14.7. The largest absolute Gasteiger partial charge is 0.481 e. The minimum absolute atomic E-state index is 0.00367. The molecule has 1 saturated heterocycles. The molecule has 26 heavy (non-hydrogen) atoms. The third kappa shape index (κ3) is 4.97. The van der Waals surface area contributed by atoms with Crippen LogP contribution in [0.4, 0.5) is 13.2 Å². The van der Waals surface area contributed by atoms with Gasteiger partial charge in [-0.1, -0.05) is 37.3 Å². The van der Waals surface area contributed by atoms with Crippen molar-refractivity contribution in [2.24, 2.45) is 17.8 Å². The lowest BCUT2D eigenvalue weighted by atomic mass is 9.94. The van der Waals surface area contributed by atoms with Crippen molar-refractivity contribution in [3.63, 3.8) is 0 Å². The van der Waals surface area contributed by atoms with E-state index in [0.29, 0.717) is 6.54 Å². The first-order chi connectivity index (χ1) is 12.1. The number of aliphatic carboxylic acids is 1. The molecule has 1 unspecified atom stereocenters. The second-order valence-electron chi connectivity index (χ2n) is 6.89. The van der Waals surface area contributed by atoms with Gasteiger partial charge in [0.1, 0.15) is 0 Å². The van der Waals surface area contributed by atoms with E-state index in [4.69, 9.17) is 5.11 Å². The highest BCUT2D eigenvalue weighted by molar-refractivity contribution is 5.80. The Bertz CT molecular complexity index is 636. The lowest BCUT2D eigenvalue weighted by Crippen LogP contribution is -2.43. The van der Waals surface area contributed by atoms with Gasteiger partial charge in [0.25, 0.3) is 0 Å². The number of hydrogen-bond donors (Lipinski definition) is 1. The van der Waals surface area contributed by atoms with Crippen LogP contribution in [0.3, 0.4) is 0 Å². The van der Waals surface area contributed by atoms with Crippen LogP contribution in [0.15, 0.2) is 30.3 Å². The SMILES string of the molecule is CC(CN(C)C(=O)[C@@H]1CN(Cc2ccccc2)C[C@H]1C(F)(F)F)C(=O)O. The van der Waals surface area contributed by atoms with Crippen molar-refractivity contribution in [3.8, 4) is 0 Å². The van der Waals surface area contributed by atoms with Gasteiger partial charge < -0.3 is 10.0 Å². The predicted octanol–water partition coefficient (Wildman–Crippen LogP) is 2.48. The van der Waals surface area contributed by atoms with Crippen LogP contribution in [-0.2, 0) is 16.1 Å². The molecule has 0 bridgehead atoms. The molecule has 0 spiro atoms. The number of nitrogens with zero attached hydrogens (tertiary/aromatic N) is 2. The third-order valence-corrected chi connectivity index (χ3v) is 4.73. The van der Waals surface area contributed by atoms with Crippen LogP contribution in [0.25, 0.3) is 0 Å². The Morgan fingerprint density at radius 3 is 2.42 bits per heavy atom. The van der Waals surface area contributed by atoms with E-state index in [0.717, 1.165) is 10.5 Å². The summed E-state index contributed by atoms with van der Waals surface area (Å²) < 4.78 is 40.3. The van der Waals surface area contributed by atoms with Crippen LogP contribution >= 0.6 is 0 Å². The highest BCUT2D eigenvalue weighted by atomic mass is 19.4. The van der Waals surface area contributed by atoms with E-state index in [2.05, 4.69) is 0 Å². The molecule has 1 aliphatic rings. The van der Waals surface area contributed by atoms with Gasteiger partial charge in [0.15, 0.2) is 0 Å². The molecule has 0 saturated carbocycles. The molecular weight excluding hydrogens is 349 g/mol. The fraction of sp³-hybridized carbons (Fsp3) is 0.556. The molecule has 0 radical (unpaired) electrons. The summed E-state index contributed by atoms with van der Waals surface area (Å²) in [7, 11) is 1.36. The summed E-state index contributed by atoms with van der Waals surface area (Å²) in [5, 5.41) is 8.94. The van der Waals surface area contributed by atoms with Gasteiger partial charge in [-0.3, -0.25) is 14.5 Å². The number of amides is 1. The van der Waals surface area contributed by atoms with E-state index in [9.17, 15) is 22.8 Å². The fourth-order valence-electron chi connectivity index (χ4n) is 3.30. The van der Waals surface area contributed by atoms with E-state index in [1.165, 1.54) is 14.0 Å². The average molecular weight is 372 g/mol. The molecule has 1 N–H and O–H groups in total. The third-order valence-electron chi connectivity index (χ3n) is 4.73. The van der Waals surface area contributed by atoms with Crippen LogP contribution < -0.4 is 0 Å². The highest BCUT2D eigenvalue weighted by Crippen LogP contribution is 2.38. The molecule has 1 aromatic carbocycles. The first-order valence-electron chi connectivity index (χ1n) is 8.40. The van der Waals surface area contributed by atoms with Crippen molar-refractivity contribution in [2.45, 2.75) is 19.6 Å². The summed E-state index contributed by atoms with van der Waals surface area (Å²) in [4.78, 5) is 26.2. The Balaban J connectivity index is 2.10. The Hall–Kier alpha value is -2.09. The summed E-state index contributed by atoms with van der Waals surface area (Å²) in [6.07, 6.45) is -4.48. The summed E-state index contributed by atoms with van der Waals surface area (Å²) in [5.74, 6) is -5.55. The van der Waals surface area contributed by atoms with Crippen molar-refractivity contribution in [1.29, 1.82) is 0 Å². The standard InChI is InChI=1S/C18H23F3N2O3/c1-12(17(25)26)8-22(2)16(24)14-10-23(11-15(14)18(19,20)21)9-13-6-4-3-5-7-13/h3-7,12,14-15H,8-11H2,1-2H3,(H,25,26)/t12?,14-,15-/m1/s1. The van der Waals surface area contributed by atoms with Crippen LogP contribution in [0.2, 0.25) is 0 Å². The number of halogens is 3. The fourth-order valence-corrected chi connectivity index (χ4v) is 3.30. The molecule has 1 amide bonds. The van der Waals surface area contributed by atoms with Crippen molar-refractivity contribution >= 4 is 11.9 Å². The Morgan fingerprint density at radius 1 is 1.27 bits per heavy atom. The van der Waals surface area contributed by atoms with Gasteiger partial charge in [0.05, 0.1) is 17.8 Å². The number of hydrogen-bond acceptors (Lipinski definition) is 3. The molecule has 144 valence electrons. The maximum absolute atomic E-state index is 13.4. The molecule has 1 aliphatic heterocycles. The van der Waals surface area contributed by atoms with Crippen LogP contribution in [0.5, 0.6) is 0 Å². The number of carbonyl (C=O) groups is 2. The summed E-state index contributed by atoms with van der Waals surface area (Å²) in [6.45, 7) is 1.41. The van der Waals surface area contributed by atoms with Gasteiger partial charge in [0, 0.05) is 33.2 Å². The predicted molar refractivity (Wildman–Crippen MR) is 89.2 cm³/mol. The van der Waals surface area contributed by atoms with Crippen molar-refractivity contribution in [3.05, 3.63) is 35.9 Å². The van der Waals surface area contributed by atoms with Gasteiger partial charge in [0.2, 0.25) is 5.91 Å². The number of alkyl halides is 3. The van der Waals surface area contributed by atoms with Crippen molar-refractivity contribution in [2.75, 3.05) is 26.7 Å². The number of carbonyl (C=O) groups excluding carboxylic acids is 1. The number of carboxylic acids is 1. The zero-order chi connectivity index (χ0) is 19.5. The topological polar surface area (TPSA) is 60.9 Å². The van der Waals surface area contributed by atoms with Gasteiger partial charge in [-0.05, 0) is 5.56 Å². The summed E-state index contributed by atoms with van der Waals surface area (Å²) in [6, 6.07) is 9.13.